The lowest BCUT2D eigenvalue weighted by Gasteiger charge is -2.02. The Bertz CT molecular complexity index is 587. The van der Waals surface area contributed by atoms with E-state index in [9.17, 15) is 4.79 Å². The third kappa shape index (κ3) is 2.62. The summed E-state index contributed by atoms with van der Waals surface area (Å²) < 4.78 is 11.9. The van der Waals surface area contributed by atoms with Gasteiger partial charge in [-0.25, -0.2) is 4.79 Å². The highest BCUT2D eigenvalue weighted by molar-refractivity contribution is 5.89. The van der Waals surface area contributed by atoms with Crippen molar-refractivity contribution in [3.05, 3.63) is 42.2 Å². The molecule has 0 aliphatic carbocycles. The third-order valence-corrected chi connectivity index (χ3v) is 3.03. The monoisotopic (exact) mass is 259 g/mol. The third-order valence-electron chi connectivity index (χ3n) is 3.03. The zero-order valence-electron chi connectivity index (χ0n) is 11.3. The number of carbonyl (C=O) groups is 1. The highest BCUT2D eigenvalue weighted by Crippen LogP contribution is 2.26. The molecule has 4 heteroatoms. The van der Waals surface area contributed by atoms with Crippen LogP contribution in [0.15, 0.2) is 36.5 Å². The van der Waals surface area contributed by atoms with Crippen LogP contribution in [0, 0.1) is 0 Å². The molecule has 19 heavy (non-hydrogen) atoms. The predicted molar refractivity (Wildman–Crippen MR) is 73.4 cm³/mol. The quantitative estimate of drug-likeness (QED) is 0.792. The molecule has 2 aromatic rings. The fourth-order valence-corrected chi connectivity index (χ4v) is 2.01. The van der Waals surface area contributed by atoms with Crippen LogP contribution in [0.4, 0.5) is 0 Å². The number of hydrogen-bond acceptors (Lipinski definition) is 3. The minimum Gasteiger partial charge on any atom is -0.497 e. The maximum absolute atomic E-state index is 11.7. The van der Waals surface area contributed by atoms with Crippen molar-refractivity contribution in [2.75, 3.05) is 14.2 Å². The summed E-state index contributed by atoms with van der Waals surface area (Å²) in [6.45, 7) is 2.70. The van der Waals surface area contributed by atoms with E-state index in [1.807, 2.05) is 48.0 Å². The normalized spacial score (nSPS) is 10.3. The Morgan fingerprint density at radius 2 is 2.00 bits per heavy atom. The van der Waals surface area contributed by atoms with Crippen molar-refractivity contribution in [2.24, 2.45) is 0 Å². The Kier molecular flexibility index (Phi) is 3.90. The number of aromatic nitrogens is 1. The molecule has 1 heterocycles. The minimum atomic E-state index is -0.323. The fraction of sp³-hybridized carbons (Fsp3) is 0.267. The van der Waals surface area contributed by atoms with Crippen LogP contribution < -0.4 is 4.74 Å². The van der Waals surface area contributed by atoms with Gasteiger partial charge in [0.05, 0.1) is 14.2 Å². The van der Waals surface area contributed by atoms with Gasteiger partial charge in [0, 0.05) is 18.3 Å². The molecule has 1 aromatic carbocycles. The Balaban J connectivity index is 2.45. The lowest BCUT2D eigenvalue weighted by atomic mass is 10.1. The molecule has 0 aliphatic rings. The number of nitrogens with zero attached hydrogens (tertiary/aromatic N) is 1. The number of methoxy groups -OCH3 is 2. The van der Waals surface area contributed by atoms with E-state index in [4.69, 9.17) is 9.47 Å². The summed E-state index contributed by atoms with van der Waals surface area (Å²) in [5, 5.41) is 0. The lowest BCUT2D eigenvalue weighted by Crippen LogP contribution is -2.08. The van der Waals surface area contributed by atoms with E-state index in [0.29, 0.717) is 12.2 Å². The molecule has 0 atom stereocenters. The first-order valence-corrected chi connectivity index (χ1v) is 6.12. The predicted octanol–water partition coefficient (Wildman–Crippen LogP) is 2.97. The molecule has 0 N–H and O–H groups in total. The van der Waals surface area contributed by atoms with Crippen molar-refractivity contribution in [3.8, 4) is 16.9 Å². The Morgan fingerprint density at radius 1 is 1.21 bits per heavy atom. The number of benzene rings is 1. The summed E-state index contributed by atoms with van der Waals surface area (Å²) in [4.78, 5) is 11.7. The maximum Gasteiger partial charge on any atom is 0.354 e. The van der Waals surface area contributed by atoms with E-state index in [2.05, 4.69) is 0 Å². The number of esters is 1. The second-order valence-electron chi connectivity index (χ2n) is 4.12. The molecule has 0 fully saturated rings. The minimum absolute atomic E-state index is 0.323. The average molecular weight is 259 g/mol. The van der Waals surface area contributed by atoms with Crippen molar-refractivity contribution in [1.82, 2.24) is 4.57 Å². The largest absolute Gasteiger partial charge is 0.497 e. The molecule has 0 saturated carbocycles. The maximum atomic E-state index is 11.7. The van der Waals surface area contributed by atoms with Gasteiger partial charge in [0.15, 0.2) is 0 Å². The van der Waals surface area contributed by atoms with Crippen molar-refractivity contribution >= 4 is 5.97 Å². The second kappa shape index (κ2) is 5.61. The molecule has 0 radical (unpaired) electrons. The highest BCUT2D eigenvalue weighted by atomic mass is 16.5. The van der Waals surface area contributed by atoms with E-state index >= 15 is 0 Å². The smallest absolute Gasteiger partial charge is 0.354 e. The van der Waals surface area contributed by atoms with Gasteiger partial charge >= 0.3 is 5.97 Å². The van der Waals surface area contributed by atoms with Crippen LogP contribution in [0.25, 0.3) is 11.1 Å². The molecular weight excluding hydrogens is 242 g/mol. The molecule has 0 aliphatic heterocycles. The van der Waals surface area contributed by atoms with Crippen LogP contribution in [0.3, 0.4) is 0 Å². The summed E-state index contributed by atoms with van der Waals surface area (Å²) in [5.74, 6) is 0.470. The molecule has 2 rings (SSSR count). The first-order valence-electron chi connectivity index (χ1n) is 6.12. The van der Waals surface area contributed by atoms with Crippen molar-refractivity contribution in [1.29, 1.82) is 0 Å². The second-order valence-corrected chi connectivity index (χ2v) is 4.12. The Labute approximate surface area is 112 Å². The molecule has 0 bridgehead atoms. The molecule has 100 valence electrons. The van der Waals surface area contributed by atoms with Gasteiger partial charge in [-0.3, -0.25) is 0 Å². The number of aryl methyl sites for hydroxylation is 1. The van der Waals surface area contributed by atoms with Gasteiger partial charge in [-0.1, -0.05) is 12.1 Å². The number of rotatable bonds is 4. The van der Waals surface area contributed by atoms with Crippen LogP contribution >= 0.6 is 0 Å². The number of carbonyl (C=O) groups excluding carboxylic acids is 1. The Hall–Kier alpha value is -2.23. The van der Waals surface area contributed by atoms with E-state index < -0.39 is 0 Å². The topological polar surface area (TPSA) is 40.5 Å². The highest BCUT2D eigenvalue weighted by Gasteiger charge is 2.14. The molecule has 1 aromatic heterocycles. The van der Waals surface area contributed by atoms with Crippen LogP contribution in [0.1, 0.15) is 17.4 Å². The van der Waals surface area contributed by atoms with Crippen LogP contribution in [-0.2, 0) is 11.3 Å². The SMILES string of the molecule is CCn1cc(-c2cccc(OC)c2)cc1C(=O)OC. The van der Waals surface area contributed by atoms with Crippen molar-refractivity contribution in [3.63, 3.8) is 0 Å². The fourth-order valence-electron chi connectivity index (χ4n) is 2.01. The molecular formula is C15H17NO3. The van der Waals surface area contributed by atoms with Crippen molar-refractivity contribution < 1.29 is 14.3 Å². The van der Waals surface area contributed by atoms with E-state index in [1.165, 1.54) is 7.11 Å². The molecule has 0 spiro atoms. The van der Waals surface area contributed by atoms with Gasteiger partial charge in [-0.2, -0.15) is 0 Å². The van der Waals surface area contributed by atoms with Crippen LogP contribution in [-0.4, -0.2) is 24.8 Å². The van der Waals surface area contributed by atoms with Gasteiger partial charge < -0.3 is 14.0 Å². The van der Waals surface area contributed by atoms with Crippen molar-refractivity contribution in [2.45, 2.75) is 13.5 Å². The number of hydrogen-bond donors (Lipinski definition) is 0. The van der Waals surface area contributed by atoms with Gasteiger partial charge in [0.2, 0.25) is 0 Å². The first kappa shape index (κ1) is 13.2. The van der Waals surface area contributed by atoms with Crippen LogP contribution in [0.2, 0.25) is 0 Å². The zero-order chi connectivity index (χ0) is 13.8. The summed E-state index contributed by atoms with van der Waals surface area (Å²) in [6, 6.07) is 9.58. The van der Waals surface area contributed by atoms with Gasteiger partial charge in [0.1, 0.15) is 11.4 Å². The summed E-state index contributed by atoms with van der Waals surface area (Å²) in [7, 11) is 3.02. The molecule has 0 saturated heterocycles. The van der Waals surface area contributed by atoms with E-state index in [0.717, 1.165) is 16.9 Å². The number of ether oxygens (including phenoxy) is 2. The zero-order valence-corrected chi connectivity index (χ0v) is 11.3. The molecule has 4 nitrogen and oxygen atoms in total. The van der Waals surface area contributed by atoms with Gasteiger partial charge in [-0.15, -0.1) is 0 Å². The standard InChI is InChI=1S/C15H17NO3/c1-4-16-10-12(9-14(16)15(17)19-3)11-6-5-7-13(8-11)18-2/h5-10H,4H2,1-3H3. The van der Waals surface area contributed by atoms with Gasteiger partial charge in [0.25, 0.3) is 0 Å². The lowest BCUT2D eigenvalue weighted by molar-refractivity contribution is 0.0588. The summed E-state index contributed by atoms with van der Waals surface area (Å²) >= 11 is 0. The molecule has 0 unspecified atom stereocenters. The summed E-state index contributed by atoms with van der Waals surface area (Å²) in [6.07, 6.45) is 1.95. The van der Waals surface area contributed by atoms with Crippen LogP contribution in [0.5, 0.6) is 5.75 Å². The Morgan fingerprint density at radius 3 is 2.63 bits per heavy atom. The molecule has 0 amide bonds. The average Bonchev–Trinajstić information content (AvgIpc) is 2.90. The van der Waals surface area contributed by atoms with E-state index in [1.54, 1.807) is 7.11 Å². The first-order chi connectivity index (χ1) is 9.19. The summed E-state index contributed by atoms with van der Waals surface area (Å²) in [5.41, 5.74) is 2.54. The van der Waals surface area contributed by atoms with Gasteiger partial charge in [-0.05, 0) is 30.7 Å². The van der Waals surface area contributed by atoms with E-state index in [-0.39, 0.29) is 5.97 Å².